The van der Waals surface area contributed by atoms with Gasteiger partial charge in [-0.15, -0.1) is 0 Å². The second-order valence-electron chi connectivity index (χ2n) is 5.29. The summed E-state index contributed by atoms with van der Waals surface area (Å²) in [6, 6.07) is 0.362. The fraction of sp³-hybridized carbons (Fsp3) is 1.00. The van der Waals surface area contributed by atoms with Gasteiger partial charge >= 0.3 is 0 Å². The first-order valence-corrected chi connectivity index (χ1v) is 5.67. The largest absolute Gasteiger partial charge is 0.328 e. The molecule has 0 radical (unpaired) electrons. The van der Waals surface area contributed by atoms with Gasteiger partial charge in [0, 0.05) is 6.04 Å². The van der Waals surface area contributed by atoms with E-state index >= 15 is 0 Å². The maximum Gasteiger partial charge on any atom is 0.00130 e. The molecule has 0 heterocycles. The van der Waals surface area contributed by atoms with E-state index in [0.717, 1.165) is 17.8 Å². The first-order valence-electron chi connectivity index (χ1n) is 5.67. The summed E-state index contributed by atoms with van der Waals surface area (Å²) >= 11 is 0. The molecule has 13 heavy (non-hydrogen) atoms. The van der Waals surface area contributed by atoms with E-state index in [1.807, 2.05) is 0 Å². The summed E-state index contributed by atoms with van der Waals surface area (Å²) in [6.45, 7) is 11.4. The molecular formula is C12H27N. The SMILES string of the molecule is CC(C)CC(C)CC(C)CC(C)N. The molecule has 0 fully saturated rings. The first kappa shape index (κ1) is 13.0. The van der Waals surface area contributed by atoms with Crippen molar-refractivity contribution in [2.45, 2.75) is 59.9 Å². The van der Waals surface area contributed by atoms with E-state index in [2.05, 4.69) is 34.6 Å². The van der Waals surface area contributed by atoms with Crippen molar-refractivity contribution in [1.29, 1.82) is 0 Å². The van der Waals surface area contributed by atoms with Crippen LogP contribution in [-0.4, -0.2) is 6.04 Å². The highest BCUT2D eigenvalue weighted by molar-refractivity contribution is 4.65. The third-order valence-electron chi connectivity index (χ3n) is 2.45. The molecule has 0 aromatic carbocycles. The van der Waals surface area contributed by atoms with Crippen molar-refractivity contribution < 1.29 is 0 Å². The van der Waals surface area contributed by atoms with Gasteiger partial charge in [0.1, 0.15) is 0 Å². The van der Waals surface area contributed by atoms with Crippen molar-refractivity contribution in [3.63, 3.8) is 0 Å². The fourth-order valence-corrected chi connectivity index (χ4v) is 2.32. The molecule has 0 spiro atoms. The molecule has 3 unspecified atom stereocenters. The molecule has 0 aliphatic carbocycles. The Bertz CT molecular complexity index is 104. The summed E-state index contributed by atoms with van der Waals surface area (Å²) < 4.78 is 0. The number of nitrogens with two attached hydrogens (primary N) is 1. The monoisotopic (exact) mass is 185 g/mol. The van der Waals surface area contributed by atoms with Crippen LogP contribution in [0.25, 0.3) is 0 Å². The molecule has 0 aliphatic rings. The molecule has 0 aromatic rings. The van der Waals surface area contributed by atoms with Crippen LogP contribution in [0.4, 0.5) is 0 Å². The van der Waals surface area contributed by atoms with Crippen molar-refractivity contribution in [3.05, 3.63) is 0 Å². The summed E-state index contributed by atoms with van der Waals surface area (Å²) in [5.41, 5.74) is 5.77. The van der Waals surface area contributed by atoms with Gasteiger partial charge in [0.2, 0.25) is 0 Å². The summed E-state index contributed by atoms with van der Waals surface area (Å²) in [4.78, 5) is 0. The Morgan fingerprint density at radius 3 is 1.62 bits per heavy atom. The molecule has 0 saturated heterocycles. The number of hydrogen-bond acceptors (Lipinski definition) is 1. The lowest BCUT2D eigenvalue weighted by Crippen LogP contribution is -2.19. The minimum Gasteiger partial charge on any atom is -0.328 e. The quantitative estimate of drug-likeness (QED) is 0.674. The smallest absolute Gasteiger partial charge is 0.00130 e. The molecule has 0 aliphatic heterocycles. The van der Waals surface area contributed by atoms with Crippen molar-refractivity contribution >= 4 is 0 Å². The van der Waals surface area contributed by atoms with Crippen molar-refractivity contribution in [1.82, 2.24) is 0 Å². The van der Waals surface area contributed by atoms with Gasteiger partial charge < -0.3 is 5.73 Å². The Morgan fingerprint density at radius 1 is 0.769 bits per heavy atom. The topological polar surface area (TPSA) is 26.0 Å². The predicted octanol–water partition coefficient (Wildman–Crippen LogP) is 3.43. The molecule has 2 N–H and O–H groups in total. The molecule has 0 saturated carbocycles. The highest BCUT2D eigenvalue weighted by Gasteiger charge is 2.11. The third kappa shape index (κ3) is 8.29. The molecule has 0 aromatic heterocycles. The van der Waals surface area contributed by atoms with Crippen molar-refractivity contribution in [2.24, 2.45) is 23.5 Å². The molecule has 3 atom stereocenters. The Hall–Kier alpha value is -0.0400. The van der Waals surface area contributed by atoms with Crippen LogP contribution in [0, 0.1) is 17.8 Å². The summed E-state index contributed by atoms with van der Waals surface area (Å²) in [5.74, 6) is 2.47. The second-order valence-corrected chi connectivity index (χ2v) is 5.29. The molecular weight excluding hydrogens is 158 g/mol. The molecule has 0 amide bonds. The molecule has 0 bridgehead atoms. The van der Waals surface area contributed by atoms with Crippen LogP contribution in [0.3, 0.4) is 0 Å². The van der Waals surface area contributed by atoms with Crippen LogP contribution in [0.1, 0.15) is 53.9 Å². The zero-order valence-corrected chi connectivity index (χ0v) is 10.0. The minimum atomic E-state index is 0.362. The molecule has 80 valence electrons. The summed E-state index contributed by atoms with van der Waals surface area (Å²) in [7, 11) is 0. The number of rotatable bonds is 6. The zero-order chi connectivity index (χ0) is 10.4. The van der Waals surface area contributed by atoms with Gasteiger partial charge in [-0.2, -0.15) is 0 Å². The van der Waals surface area contributed by atoms with Crippen molar-refractivity contribution in [2.75, 3.05) is 0 Å². The van der Waals surface area contributed by atoms with E-state index in [-0.39, 0.29) is 0 Å². The highest BCUT2D eigenvalue weighted by atomic mass is 14.6. The van der Waals surface area contributed by atoms with E-state index in [1.54, 1.807) is 0 Å². The van der Waals surface area contributed by atoms with E-state index in [0.29, 0.717) is 6.04 Å². The standard InChI is InChI=1S/C12H27N/c1-9(2)6-10(3)7-11(4)8-12(5)13/h9-12H,6-8,13H2,1-5H3. The Morgan fingerprint density at radius 2 is 1.23 bits per heavy atom. The average Bonchev–Trinajstić information content (AvgIpc) is 1.80. The number of hydrogen-bond donors (Lipinski definition) is 1. The van der Waals surface area contributed by atoms with Crippen LogP contribution in [-0.2, 0) is 0 Å². The van der Waals surface area contributed by atoms with E-state index < -0.39 is 0 Å². The lowest BCUT2D eigenvalue weighted by atomic mass is 9.88. The van der Waals surface area contributed by atoms with E-state index in [9.17, 15) is 0 Å². The maximum absolute atomic E-state index is 5.77. The van der Waals surface area contributed by atoms with Gasteiger partial charge in [0.25, 0.3) is 0 Å². The van der Waals surface area contributed by atoms with Crippen LogP contribution in [0.5, 0.6) is 0 Å². The highest BCUT2D eigenvalue weighted by Crippen LogP contribution is 2.21. The Balaban J connectivity index is 3.58. The lowest BCUT2D eigenvalue weighted by Gasteiger charge is -2.20. The van der Waals surface area contributed by atoms with Gasteiger partial charge in [-0.25, -0.2) is 0 Å². The van der Waals surface area contributed by atoms with Gasteiger partial charge in [-0.1, -0.05) is 27.7 Å². The van der Waals surface area contributed by atoms with Gasteiger partial charge in [0.05, 0.1) is 0 Å². The average molecular weight is 185 g/mol. The maximum atomic E-state index is 5.77. The van der Waals surface area contributed by atoms with Crippen LogP contribution in [0.2, 0.25) is 0 Å². The van der Waals surface area contributed by atoms with Crippen LogP contribution >= 0.6 is 0 Å². The Kier molecular flexibility index (Phi) is 6.40. The summed E-state index contributed by atoms with van der Waals surface area (Å²) in [6.07, 6.45) is 3.85. The van der Waals surface area contributed by atoms with E-state index in [1.165, 1.54) is 19.3 Å². The van der Waals surface area contributed by atoms with E-state index in [4.69, 9.17) is 5.73 Å². The molecule has 1 heteroatoms. The van der Waals surface area contributed by atoms with Crippen molar-refractivity contribution in [3.8, 4) is 0 Å². The van der Waals surface area contributed by atoms with Gasteiger partial charge in [-0.05, 0) is 43.9 Å². The third-order valence-corrected chi connectivity index (χ3v) is 2.45. The molecule has 1 nitrogen and oxygen atoms in total. The first-order chi connectivity index (χ1) is 5.91. The van der Waals surface area contributed by atoms with Crippen LogP contribution in [0.15, 0.2) is 0 Å². The van der Waals surface area contributed by atoms with Crippen LogP contribution < -0.4 is 5.73 Å². The lowest BCUT2D eigenvalue weighted by molar-refractivity contribution is 0.333. The zero-order valence-electron chi connectivity index (χ0n) is 10.0. The Labute approximate surface area is 84.1 Å². The molecule has 0 rings (SSSR count). The minimum absolute atomic E-state index is 0.362. The summed E-state index contributed by atoms with van der Waals surface area (Å²) in [5, 5.41) is 0. The van der Waals surface area contributed by atoms with Gasteiger partial charge in [0.15, 0.2) is 0 Å². The second kappa shape index (κ2) is 6.42. The normalized spacial score (nSPS) is 18.7. The fourth-order valence-electron chi connectivity index (χ4n) is 2.32. The van der Waals surface area contributed by atoms with Gasteiger partial charge in [-0.3, -0.25) is 0 Å². The predicted molar refractivity (Wildman–Crippen MR) is 60.7 cm³/mol.